The van der Waals surface area contributed by atoms with Gasteiger partial charge in [-0.15, -0.1) is 0 Å². The summed E-state index contributed by atoms with van der Waals surface area (Å²) in [4.78, 5) is 38.8. The van der Waals surface area contributed by atoms with E-state index in [4.69, 9.17) is 17.5 Å². The number of halogens is 1. The smallest absolute Gasteiger partial charge is 0.270 e. The Labute approximate surface area is 328 Å². The maximum absolute atomic E-state index is 12.9. The van der Waals surface area contributed by atoms with Crippen molar-refractivity contribution < 1.29 is 54.5 Å². The molecule has 0 radical (unpaired) electrons. The largest absolute Gasteiger partial charge is 1.00 e. The highest BCUT2D eigenvalue weighted by atomic mass is 35.5. The first-order valence-corrected chi connectivity index (χ1v) is 22.5. The van der Waals surface area contributed by atoms with E-state index in [0.29, 0.717) is 19.3 Å². The first kappa shape index (κ1) is 57.8. The monoisotopic (exact) mass is 785 g/mol. The second-order valence-electron chi connectivity index (χ2n) is 14.7. The van der Waals surface area contributed by atoms with Gasteiger partial charge in [0, 0.05) is 19.3 Å². The summed E-state index contributed by atoms with van der Waals surface area (Å²) in [6, 6.07) is 0. The van der Waals surface area contributed by atoms with Gasteiger partial charge in [0.1, 0.15) is 0 Å². The molecule has 0 aromatic rings. The lowest BCUT2D eigenvalue weighted by Crippen LogP contribution is -3.00. The molecule has 0 heterocycles. The number of nitrogens with zero attached hydrogens (tertiary/aromatic N) is 1. The van der Waals surface area contributed by atoms with Crippen molar-refractivity contribution in [3.05, 3.63) is 0 Å². The molecular formula is C41H85ClN2O7S. The van der Waals surface area contributed by atoms with E-state index in [0.717, 1.165) is 96.3 Å². The third-order valence-electron chi connectivity index (χ3n) is 9.89. The third-order valence-corrected chi connectivity index (χ3v) is 9.89. The van der Waals surface area contributed by atoms with Gasteiger partial charge in [0.05, 0.1) is 26.2 Å². The molecule has 0 aliphatic heterocycles. The lowest BCUT2D eigenvalue weighted by Gasteiger charge is -2.39. The zero-order valence-corrected chi connectivity index (χ0v) is 36.6. The molecule has 0 bridgehead atoms. The van der Waals surface area contributed by atoms with Crippen LogP contribution in [0.25, 0.3) is 0 Å². The number of carbonyl (C=O) groups is 3. The molecule has 0 amide bonds. The molecule has 0 saturated carbocycles. The van der Waals surface area contributed by atoms with Crippen LogP contribution in [0.5, 0.6) is 0 Å². The number of ketones is 3. The fourth-order valence-corrected chi connectivity index (χ4v) is 6.42. The van der Waals surface area contributed by atoms with Gasteiger partial charge in [-0.25, -0.2) is 8.42 Å². The number of Topliss-reactive ketones (excluding diaryl/α,β-unsaturated/α-hetero) is 3. The molecule has 0 saturated heterocycles. The van der Waals surface area contributed by atoms with Gasteiger partial charge in [0.25, 0.3) is 5.54 Å². The van der Waals surface area contributed by atoms with Crippen LogP contribution in [0.1, 0.15) is 215 Å². The number of hydrogen-bond acceptors (Lipinski definition) is 6. The number of carbonyl (C=O) groups excluding carboxylic acids is 3. The quantitative estimate of drug-likeness (QED) is 0.0245. The minimum absolute atomic E-state index is 0. The first-order valence-electron chi connectivity index (χ1n) is 21.2. The number of unbranched alkanes of at least 4 members (excludes halogenated alkanes) is 16. The molecule has 314 valence electrons. The van der Waals surface area contributed by atoms with Crippen molar-refractivity contribution in [2.75, 3.05) is 26.2 Å². The van der Waals surface area contributed by atoms with Gasteiger partial charge in [0.2, 0.25) is 27.7 Å². The Hall–Kier alpha value is -0.910. The van der Waals surface area contributed by atoms with Crippen molar-refractivity contribution in [1.29, 1.82) is 0 Å². The fourth-order valence-electron chi connectivity index (χ4n) is 6.42. The third kappa shape index (κ3) is 33.6. The fraction of sp³-hybridized carbons (Fsp3) is 0.927. The Bertz CT molecular complexity index is 837. The average Bonchev–Trinajstić information content (AvgIpc) is 3.09. The summed E-state index contributed by atoms with van der Waals surface area (Å²) in [7, 11) is -4.92. The lowest BCUT2D eigenvalue weighted by atomic mass is 9.79. The molecule has 11 heteroatoms. The normalized spacial score (nSPS) is 11.5. The van der Waals surface area contributed by atoms with E-state index in [-0.39, 0.29) is 29.8 Å². The van der Waals surface area contributed by atoms with E-state index < -0.39 is 15.9 Å². The molecule has 4 N–H and O–H groups in total. The molecule has 0 aliphatic rings. The van der Waals surface area contributed by atoms with Crippen LogP contribution in [0.15, 0.2) is 0 Å². The highest BCUT2D eigenvalue weighted by Crippen LogP contribution is 2.20. The Morgan fingerprint density at radius 3 is 0.865 bits per heavy atom. The molecule has 0 atom stereocenters. The van der Waals surface area contributed by atoms with Crippen LogP contribution in [0.2, 0.25) is 0 Å². The second kappa shape index (κ2) is 38.4. The summed E-state index contributed by atoms with van der Waals surface area (Å²) in [6.45, 7) is 21.5. The summed E-state index contributed by atoms with van der Waals surface area (Å²) in [5, 5.41) is 0. The highest BCUT2D eigenvalue weighted by molar-refractivity contribution is 7.79. The van der Waals surface area contributed by atoms with Gasteiger partial charge in [0.15, 0.2) is 0 Å². The minimum atomic E-state index is -4.92. The molecule has 52 heavy (non-hydrogen) atoms. The Morgan fingerprint density at radius 2 is 0.673 bits per heavy atom. The van der Waals surface area contributed by atoms with E-state index in [9.17, 15) is 14.4 Å². The highest BCUT2D eigenvalue weighted by Gasteiger charge is 2.50. The van der Waals surface area contributed by atoms with Crippen molar-refractivity contribution in [2.24, 2.45) is 0 Å². The van der Waals surface area contributed by atoms with E-state index >= 15 is 0 Å². The van der Waals surface area contributed by atoms with Crippen LogP contribution in [-0.2, 0) is 24.8 Å². The number of hydrogen-bond donors (Lipinski definition) is 2. The summed E-state index contributed by atoms with van der Waals surface area (Å²) >= 11 is 0. The Balaban J connectivity index is -0.000000422. The van der Waals surface area contributed by atoms with Crippen molar-refractivity contribution >= 4 is 27.7 Å². The van der Waals surface area contributed by atoms with Gasteiger partial charge in [-0.2, -0.15) is 0 Å². The Morgan fingerprint density at radius 1 is 0.481 bits per heavy atom. The van der Waals surface area contributed by atoms with Crippen molar-refractivity contribution in [1.82, 2.24) is 0 Å². The zero-order chi connectivity index (χ0) is 39.4. The van der Waals surface area contributed by atoms with Gasteiger partial charge in [-0.05, 0) is 44.9 Å². The zero-order valence-electron chi connectivity index (χ0n) is 35.1. The van der Waals surface area contributed by atoms with Gasteiger partial charge in [-0.1, -0.05) is 151 Å². The van der Waals surface area contributed by atoms with Crippen LogP contribution < -0.4 is 18.1 Å². The SMILES string of the molecule is CCCCCCCC(=O)C([NH3+])(C(=O)CCCCCCC)C(=O)CCCCCCC.CCCC[N+](CCCC)(CCCC)CCCC.O=S(=O)([O-])O.[Cl-]. The number of quaternary nitrogens is 2. The topological polar surface area (TPSA) is 156 Å². The maximum Gasteiger partial charge on any atom is 0.270 e. The van der Waals surface area contributed by atoms with Crippen molar-refractivity contribution in [3.63, 3.8) is 0 Å². The van der Waals surface area contributed by atoms with Gasteiger partial charge in [-0.3, -0.25) is 18.9 Å². The van der Waals surface area contributed by atoms with Crippen LogP contribution in [-0.4, -0.2) is 71.1 Å². The second-order valence-corrected chi connectivity index (χ2v) is 15.6. The van der Waals surface area contributed by atoms with Crippen LogP contribution in [0.3, 0.4) is 0 Å². The van der Waals surface area contributed by atoms with Gasteiger partial charge < -0.3 is 27.2 Å². The molecule has 0 unspecified atom stereocenters. The molecule has 0 rings (SSSR count). The molecule has 0 aromatic heterocycles. The molecule has 0 aliphatic carbocycles. The summed E-state index contributed by atoms with van der Waals surface area (Å²) in [5.74, 6) is -0.733. The predicted octanol–water partition coefficient (Wildman–Crippen LogP) is 6.77. The van der Waals surface area contributed by atoms with E-state index in [2.05, 4.69) is 54.2 Å². The van der Waals surface area contributed by atoms with E-state index in [1.807, 2.05) is 0 Å². The van der Waals surface area contributed by atoms with Crippen molar-refractivity contribution in [3.8, 4) is 0 Å². The standard InChI is InChI=1S/C25H47NO3.C16H36N.ClH.H2O4S/c1-4-7-10-13-16-19-22(27)25(26,23(28)20-17-14-11-8-5-2)24(29)21-18-15-12-9-6-3;1-5-9-13-17(14-10-6-2,15-11-7-3)16-12-8-4;;1-5(2,3)4/h4-21,26H2,1-3H3;5-16H2,1-4H3;1H;(H2,1,2,3,4)/q;+1;;/p-1. The van der Waals surface area contributed by atoms with E-state index in [1.165, 1.54) is 82.0 Å². The van der Waals surface area contributed by atoms with Crippen LogP contribution in [0.4, 0.5) is 0 Å². The molecule has 9 nitrogen and oxygen atoms in total. The van der Waals surface area contributed by atoms with Crippen molar-refractivity contribution in [2.45, 2.75) is 221 Å². The average molecular weight is 786 g/mol. The molecule has 0 aromatic carbocycles. The summed E-state index contributed by atoms with van der Waals surface area (Å²) < 4.78 is 34.3. The summed E-state index contributed by atoms with van der Waals surface area (Å²) in [5.41, 5.74) is 2.31. The van der Waals surface area contributed by atoms with Gasteiger partial charge >= 0.3 is 0 Å². The maximum atomic E-state index is 12.9. The summed E-state index contributed by atoms with van der Waals surface area (Å²) in [6.07, 6.45) is 27.4. The molecule has 0 spiro atoms. The van der Waals surface area contributed by atoms with Crippen LogP contribution in [0, 0.1) is 0 Å². The molecular weight excluding hydrogens is 700 g/mol. The van der Waals surface area contributed by atoms with Crippen LogP contribution >= 0.6 is 0 Å². The Kier molecular flexibility index (Phi) is 42.7. The number of rotatable bonds is 33. The predicted molar refractivity (Wildman–Crippen MR) is 212 cm³/mol. The lowest BCUT2D eigenvalue weighted by molar-refractivity contribution is -0.929. The molecule has 0 fully saturated rings. The first-order chi connectivity index (χ1) is 24.2. The minimum Gasteiger partial charge on any atom is -1.00 e. The van der Waals surface area contributed by atoms with E-state index in [1.54, 1.807) is 0 Å².